The molecule has 1 amide bonds. The lowest BCUT2D eigenvalue weighted by Gasteiger charge is -2.40. The van der Waals surface area contributed by atoms with E-state index in [0.29, 0.717) is 19.3 Å². The van der Waals surface area contributed by atoms with Crippen LogP contribution in [0.2, 0.25) is 0 Å². The Hall–Kier alpha value is -1.93. The van der Waals surface area contributed by atoms with Crippen LogP contribution in [0.3, 0.4) is 0 Å². The third kappa shape index (κ3) is 26.0. The van der Waals surface area contributed by atoms with E-state index in [1.54, 1.807) is 0 Å². The van der Waals surface area contributed by atoms with E-state index in [0.717, 1.165) is 57.8 Å². The lowest BCUT2D eigenvalue weighted by Crippen LogP contribution is -2.60. The first kappa shape index (κ1) is 53.1. The van der Waals surface area contributed by atoms with Gasteiger partial charge in [-0.3, -0.25) is 4.79 Å². The Balaban J connectivity index is 2.48. The molecule has 332 valence electrons. The summed E-state index contributed by atoms with van der Waals surface area (Å²) in [5.74, 6) is -0.731. The van der Waals surface area contributed by atoms with Crippen LogP contribution in [0.4, 0.5) is 0 Å². The monoisotopic (exact) mass is 810 g/mol. The second-order valence-corrected chi connectivity index (χ2v) is 15.7. The molecular weight excluding hydrogens is 727 g/mol. The number of rotatable bonds is 36. The fraction of sp³-hybridized carbons (Fsp3) is 0.804. The largest absolute Gasteiger partial charge is 0.394 e. The van der Waals surface area contributed by atoms with E-state index in [4.69, 9.17) is 9.47 Å². The second kappa shape index (κ2) is 36.0. The molecule has 1 heterocycles. The zero-order chi connectivity index (χ0) is 41.9. The molecule has 0 saturated carbocycles. The number of ether oxygens (including phenoxy) is 2. The average molecular weight is 810 g/mol. The maximum absolute atomic E-state index is 13.0. The van der Waals surface area contributed by atoms with E-state index in [2.05, 4.69) is 67.8 Å². The van der Waals surface area contributed by atoms with Crippen LogP contribution in [0.1, 0.15) is 168 Å². The zero-order valence-corrected chi connectivity index (χ0v) is 35.6. The minimum atomic E-state index is -1.67. The van der Waals surface area contributed by atoms with Crippen LogP contribution in [0.15, 0.2) is 48.6 Å². The number of hydrogen-bond acceptors (Lipinski definition) is 10. The Kier molecular flexibility index (Phi) is 33.5. The fourth-order valence-electron chi connectivity index (χ4n) is 6.75. The van der Waals surface area contributed by atoms with Gasteiger partial charge in [-0.05, 0) is 83.5 Å². The Morgan fingerprint density at radius 3 is 1.61 bits per heavy atom. The van der Waals surface area contributed by atoms with Crippen molar-refractivity contribution in [3.8, 4) is 0 Å². The fourth-order valence-corrected chi connectivity index (χ4v) is 6.75. The third-order valence-corrected chi connectivity index (χ3v) is 10.6. The molecule has 9 unspecified atom stereocenters. The molecule has 8 N–H and O–H groups in total. The smallest absolute Gasteiger partial charge is 0.249 e. The van der Waals surface area contributed by atoms with Gasteiger partial charge in [0.05, 0.1) is 25.4 Å². The van der Waals surface area contributed by atoms with Crippen molar-refractivity contribution in [3.05, 3.63) is 48.6 Å². The lowest BCUT2D eigenvalue weighted by atomic mass is 9.98. The van der Waals surface area contributed by atoms with Crippen LogP contribution in [0.25, 0.3) is 0 Å². The van der Waals surface area contributed by atoms with Gasteiger partial charge in [-0.25, -0.2) is 0 Å². The quantitative estimate of drug-likeness (QED) is 0.0242. The van der Waals surface area contributed by atoms with Crippen molar-refractivity contribution in [2.45, 2.75) is 223 Å². The van der Waals surface area contributed by atoms with Gasteiger partial charge in [-0.1, -0.05) is 133 Å². The first-order valence-electron chi connectivity index (χ1n) is 22.5. The zero-order valence-electron chi connectivity index (χ0n) is 35.6. The van der Waals surface area contributed by atoms with E-state index >= 15 is 0 Å². The number of carbonyl (C=O) groups excluding carboxylic acids is 1. The van der Waals surface area contributed by atoms with Gasteiger partial charge < -0.3 is 50.5 Å². The molecule has 1 saturated heterocycles. The Morgan fingerprint density at radius 1 is 0.596 bits per heavy atom. The van der Waals surface area contributed by atoms with Crippen LogP contribution in [0, 0.1) is 0 Å². The maximum Gasteiger partial charge on any atom is 0.249 e. The minimum Gasteiger partial charge on any atom is -0.394 e. The minimum absolute atomic E-state index is 0.225. The Labute approximate surface area is 345 Å². The molecule has 1 rings (SSSR count). The van der Waals surface area contributed by atoms with Crippen molar-refractivity contribution in [1.29, 1.82) is 0 Å². The molecule has 0 aliphatic carbocycles. The Bertz CT molecular complexity index is 1070. The predicted molar refractivity (Wildman–Crippen MR) is 228 cm³/mol. The van der Waals surface area contributed by atoms with Gasteiger partial charge in [0, 0.05) is 0 Å². The van der Waals surface area contributed by atoms with E-state index < -0.39 is 74.2 Å². The molecule has 0 radical (unpaired) electrons. The molecule has 11 nitrogen and oxygen atoms in total. The molecule has 1 aliphatic heterocycles. The van der Waals surface area contributed by atoms with Crippen LogP contribution in [-0.4, -0.2) is 110 Å². The number of nitrogens with one attached hydrogen (secondary N) is 1. The Morgan fingerprint density at radius 2 is 1.07 bits per heavy atom. The molecule has 1 fully saturated rings. The van der Waals surface area contributed by atoms with E-state index in [1.807, 2.05) is 0 Å². The molecule has 0 aromatic carbocycles. The predicted octanol–water partition coefficient (Wildman–Crippen LogP) is 7.00. The van der Waals surface area contributed by atoms with Crippen LogP contribution < -0.4 is 5.32 Å². The normalized spacial score (nSPS) is 22.6. The summed E-state index contributed by atoms with van der Waals surface area (Å²) in [5.41, 5.74) is 0. The van der Waals surface area contributed by atoms with Gasteiger partial charge >= 0.3 is 0 Å². The number of aliphatic hydroxyl groups is 7. The third-order valence-electron chi connectivity index (χ3n) is 10.6. The first-order chi connectivity index (χ1) is 27.7. The van der Waals surface area contributed by atoms with Crippen molar-refractivity contribution in [3.63, 3.8) is 0 Å². The summed E-state index contributed by atoms with van der Waals surface area (Å²) in [6.07, 6.45) is 30.4. The molecule has 0 bridgehead atoms. The van der Waals surface area contributed by atoms with Crippen molar-refractivity contribution >= 4 is 5.91 Å². The number of carbonyl (C=O) groups is 1. The van der Waals surface area contributed by atoms with E-state index in [-0.39, 0.29) is 12.8 Å². The number of unbranched alkanes of at least 4 members (excludes halogenated alkanes) is 16. The summed E-state index contributed by atoms with van der Waals surface area (Å²) in [7, 11) is 0. The number of hydrogen-bond donors (Lipinski definition) is 8. The topological polar surface area (TPSA) is 189 Å². The highest BCUT2D eigenvalue weighted by atomic mass is 16.7. The summed E-state index contributed by atoms with van der Waals surface area (Å²) in [4.78, 5) is 13.0. The van der Waals surface area contributed by atoms with Gasteiger partial charge in [0.2, 0.25) is 5.91 Å². The van der Waals surface area contributed by atoms with Gasteiger partial charge in [0.1, 0.15) is 36.6 Å². The summed E-state index contributed by atoms with van der Waals surface area (Å²) < 4.78 is 11.0. The first-order valence-corrected chi connectivity index (χ1v) is 22.5. The molecule has 9 atom stereocenters. The van der Waals surface area contributed by atoms with Gasteiger partial charge in [0.25, 0.3) is 0 Å². The van der Waals surface area contributed by atoms with E-state index in [9.17, 15) is 40.5 Å². The molecule has 0 spiro atoms. The maximum atomic E-state index is 13.0. The van der Waals surface area contributed by atoms with Gasteiger partial charge in [-0.2, -0.15) is 0 Å². The van der Waals surface area contributed by atoms with E-state index in [1.165, 1.54) is 64.2 Å². The van der Waals surface area contributed by atoms with Crippen molar-refractivity contribution in [2.24, 2.45) is 0 Å². The second-order valence-electron chi connectivity index (χ2n) is 15.7. The summed E-state index contributed by atoms with van der Waals surface area (Å²) in [5, 5.41) is 75.3. The molecule has 57 heavy (non-hydrogen) atoms. The summed E-state index contributed by atoms with van der Waals surface area (Å²) in [6, 6.07) is -1.20. The van der Waals surface area contributed by atoms with Gasteiger partial charge in [0.15, 0.2) is 6.29 Å². The number of amides is 1. The summed E-state index contributed by atoms with van der Waals surface area (Å²) in [6.45, 7) is 3.32. The highest BCUT2D eigenvalue weighted by molar-refractivity contribution is 5.80. The average Bonchev–Trinajstić information content (AvgIpc) is 3.21. The molecule has 0 aromatic rings. The SMILES string of the molecule is CCCC/C=C\CCCCCC(O)C(=O)NC(COC1OC(CO)C(O)C(O)C1O)C(O)C(O)CCC/C=C/CC/C=C/CC/C=C/CCCCCCCCCC. The molecule has 11 heteroatoms. The van der Waals surface area contributed by atoms with Crippen molar-refractivity contribution in [1.82, 2.24) is 5.32 Å². The van der Waals surface area contributed by atoms with Crippen molar-refractivity contribution in [2.75, 3.05) is 13.2 Å². The van der Waals surface area contributed by atoms with Crippen LogP contribution >= 0.6 is 0 Å². The molecular formula is C46H83NO10. The van der Waals surface area contributed by atoms with Crippen molar-refractivity contribution < 1.29 is 50.0 Å². The highest BCUT2D eigenvalue weighted by Crippen LogP contribution is 2.23. The number of aliphatic hydroxyl groups excluding tert-OH is 7. The standard InChI is InChI=1S/C46H83NO10/c1-3-5-7-9-11-13-14-15-16-17-18-19-20-21-22-23-24-26-27-29-31-33-38(49)41(51)37(36-56-46-44(54)43(53)42(52)40(35-48)57-46)47-45(55)39(50)34-32-30-28-25-12-10-8-6-4-2/h10,12,17-18,21-22,26-27,37-44,46,48-54H,3-9,11,13-16,19-20,23-25,28-36H2,1-2H3,(H,47,55)/b12-10-,18-17+,22-21+,27-26+. The summed E-state index contributed by atoms with van der Waals surface area (Å²) >= 11 is 0. The lowest BCUT2D eigenvalue weighted by molar-refractivity contribution is -0.303. The van der Waals surface area contributed by atoms with Crippen LogP contribution in [-0.2, 0) is 14.3 Å². The number of allylic oxidation sites excluding steroid dienone is 8. The van der Waals surface area contributed by atoms with Gasteiger partial charge in [-0.15, -0.1) is 0 Å². The van der Waals surface area contributed by atoms with Crippen LogP contribution in [0.5, 0.6) is 0 Å². The highest BCUT2D eigenvalue weighted by Gasteiger charge is 2.44. The molecule has 0 aromatic heterocycles. The molecule has 1 aliphatic rings.